The molecule has 0 aliphatic rings. The van der Waals surface area contributed by atoms with Crippen molar-refractivity contribution in [1.29, 1.82) is 0 Å². The number of hydrogen-bond acceptors (Lipinski definition) is 1. The molecule has 0 aliphatic carbocycles. The number of fused-ring (bicyclic) bond motifs is 1. The molecule has 0 atom stereocenters. The first-order valence-electron chi connectivity index (χ1n) is 3.37. The monoisotopic (exact) mass is 166 g/mol. The van der Waals surface area contributed by atoms with E-state index in [0.717, 1.165) is 10.5 Å². The molecule has 2 aromatic rings. The van der Waals surface area contributed by atoms with E-state index in [1.54, 1.807) is 16.9 Å². The molecule has 2 nitrogen and oxygen atoms in total. The van der Waals surface area contributed by atoms with E-state index in [2.05, 4.69) is 5.10 Å². The van der Waals surface area contributed by atoms with Gasteiger partial charge in [0.25, 0.3) is 0 Å². The van der Waals surface area contributed by atoms with Crippen molar-refractivity contribution in [2.75, 3.05) is 0 Å². The Bertz CT molecular complexity index is 392. The Labute approximate surface area is 69.4 Å². The molecule has 0 saturated carbocycles. The second-order valence-electron chi connectivity index (χ2n) is 2.50. The quantitative estimate of drug-likeness (QED) is 0.587. The zero-order valence-corrected chi connectivity index (χ0v) is 6.84. The van der Waals surface area contributed by atoms with Gasteiger partial charge in [0.2, 0.25) is 0 Å². The number of halogens is 1. The molecule has 2 aromatic heterocycles. The highest BCUT2D eigenvalue weighted by Gasteiger charge is 1.98. The minimum atomic E-state index is 0.729. The maximum Gasteiger partial charge on any atom is 0.0691 e. The van der Waals surface area contributed by atoms with E-state index in [-0.39, 0.29) is 0 Å². The first kappa shape index (κ1) is 6.68. The summed E-state index contributed by atoms with van der Waals surface area (Å²) >= 11 is 5.79. The molecule has 0 amide bonds. The third-order valence-corrected chi connectivity index (χ3v) is 1.89. The van der Waals surface area contributed by atoms with E-state index >= 15 is 0 Å². The molecule has 0 N–H and O–H groups in total. The third kappa shape index (κ3) is 0.994. The highest BCUT2D eigenvalue weighted by molar-refractivity contribution is 6.31. The van der Waals surface area contributed by atoms with Crippen LogP contribution in [0.25, 0.3) is 5.52 Å². The lowest BCUT2D eigenvalue weighted by molar-refractivity contribution is 0.934. The van der Waals surface area contributed by atoms with E-state index in [1.807, 2.05) is 19.1 Å². The Morgan fingerprint density at radius 2 is 2.36 bits per heavy atom. The standard InChI is InChI=1S/C8H7ClN2/c1-6-2-3-10-11-5-7(9)4-8(6)11/h2-5H,1H3. The summed E-state index contributed by atoms with van der Waals surface area (Å²) in [6.45, 7) is 2.04. The van der Waals surface area contributed by atoms with E-state index in [0.29, 0.717) is 0 Å². The van der Waals surface area contributed by atoms with Crippen molar-refractivity contribution in [2.45, 2.75) is 6.92 Å². The number of aryl methyl sites for hydroxylation is 1. The predicted molar refractivity (Wildman–Crippen MR) is 44.9 cm³/mol. The van der Waals surface area contributed by atoms with Crippen LogP contribution >= 0.6 is 11.6 Å². The lowest BCUT2D eigenvalue weighted by Crippen LogP contribution is -1.88. The van der Waals surface area contributed by atoms with Crippen LogP contribution < -0.4 is 0 Å². The van der Waals surface area contributed by atoms with Crippen LogP contribution in [0.2, 0.25) is 5.02 Å². The average Bonchev–Trinajstić information content (AvgIpc) is 2.31. The Hall–Kier alpha value is -1.02. The zero-order valence-electron chi connectivity index (χ0n) is 6.08. The number of hydrogen-bond donors (Lipinski definition) is 0. The summed E-state index contributed by atoms with van der Waals surface area (Å²) in [5.41, 5.74) is 2.25. The topological polar surface area (TPSA) is 17.3 Å². The first-order chi connectivity index (χ1) is 5.27. The number of rotatable bonds is 0. The van der Waals surface area contributed by atoms with Crippen LogP contribution in [-0.4, -0.2) is 9.61 Å². The molecule has 0 aromatic carbocycles. The molecule has 0 aliphatic heterocycles. The number of nitrogens with zero attached hydrogens (tertiary/aromatic N) is 2. The fourth-order valence-corrected chi connectivity index (χ4v) is 1.31. The fraction of sp³-hybridized carbons (Fsp3) is 0.125. The Morgan fingerprint density at radius 3 is 3.09 bits per heavy atom. The zero-order chi connectivity index (χ0) is 7.84. The van der Waals surface area contributed by atoms with Crippen molar-refractivity contribution in [3.8, 4) is 0 Å². The molecule has 11 heavy (non-hydrogen) atoms. The highest BCUT2D eigenvalue weighted by atomic mass is 35.5. The molecule has 2 rings (SSSR count). The van der Waals surface area contributed by atoms with Crippen molar-refractivity contribution >= 4 is 17.1 Å². The van der Waals surface area contributed by atoms with Crippen molar-refractivity contribution in [2.24, 2.45) is 0 Å². The molecular weight excluding hydrogens is 160 g/mol. The summed E-state index contributed by atoms with van der Waals surface area (Å²) < 4.78 is 1.78. The van der Waals surface area contributed by atoms with Crippen LogP contribution in [0.15, 0.2) is 24.5 Å². The Kier molecular flexibility index (Phi) is 1.36. The lowest BCUT2D eigenvalue weighted by Gasteiger charge is -1.94. The van der Waals surface area contributed by atoms with Crippen molar-refractivity contribution in [3.05, 3.63) is 35.1 Å². The molecule has 56 valence electrons. The van der Waals surface area contributed by atoms with Gasteiger partial charge in [-0.1, -0.05) is 11.6 Å². The van der Waals surface area contributed by atoms with Gasteiger partial charge < -0.3 is 0 Å². The first-order valence-corrected chi connectivity index (χ1v) is 3.74. The molecule has 0 unspecified atom stereocenters. The van der Waals surface area contributed by atoms with Gasteiger partial charge in [-0.2, -0.15) is 5.10 Å². The highest BCUT2D eigenvalue weighted by Crippen LogP contribution is 2.15. The molecule has 2 heterocycles. The van der Waals surface area contributed by atoms with Gasteiger partial charge >= 0.3 is 0 Å². The normalized spacial score (nSPS) is 10.7. The van der Waals surface area contributed by atoms with E-state index in [4.69, 9.17) is 11.6 Å². The molecule has 0 spiro atoms. The van der Waals surface area contributed by atoms with Gasteiger partial charge in [-0.3, -0.25) is 0 Å². The van der Waals surface area contributed by atoms with Crippen LogP contribution in [0.3, 0.4) is 0 Å². The van der Waals surface area contributed by atoms with Gasteiger partial charge in [-0.05, 0) is 24.6 Å². The van der Waals surface area contributed by atoms with Crippen molar-refractivity contribution in [1.82, 2.24) is 9.61 Å². The van der Waals surface area contributed by atoms with Crippen LogP contribution in [0, 0.1) is 6.92 Å². The van der Waals surface area contributed by atoms with Crippen LogP contribution in [0.1, 0.15) is 5.56 Å². The van der Waals surface area contributed by atoms with Crippen molar-refractivity contribution in [3.63, 3.8) is 0 Å². The van der Waals surface area contributed by atoms with Gasteiger partial charge in [0.05, 0.1) is 10.5 Å². The molecule has 0 bridgehead atoms. The SMILES string of the molecule is Cc1ccnn2cc(Cl)cc12. The maximum atomic E-state index is 5.79. The summed E-state index contributed by atoms with van der Waals surface area (Å²) in [6, 6.07) is 3.87. The minimum absolute atomic E-state index is 0.729. The summed E-state index contributed by atoms with van der Waals surface area (Å²) in [5, 5.41) is 4.82. The molecule has 3 heteroatoms. The molecule has 0 radical (unpaired) electrons. The Morgan fingerprint density at radius 1 is 1.55 bits per heavy atom. The van der Waals surface area contributed by atoms with Crippen LogP contribution in [0.4, 0.5) is 0 Å². The minimum Gasteiger partial charge on any atom is -0.239 e. The molecule has 0 saturated heterocycles. The summed E-state index contributed by atoms with van der Waals surface area (Å²) in [7, 11) is 0. The van der Waals surface area contributed by atoms with E-state index in [9.17, 15) is 0 Å². The van der Waals surface area contributed by atoms with E-state index in [1.165, 1.54) is 5.56 Å². The second-order valence-corrected chi connectivity index (χ2v) is 2.94. The van der Waals surface area contributed by atoms with Gasteiger partial charge in [0, 0.05) is 12.4 Å². The van der Waals surface area contributed by atoms with E-state index < -0.39 is 0 Å². The number of aromatic nitrogens is 2. The van der Waals surface area contributed by atoms with Crippen molar-refractivity contribution < 1.29 is 0 Å². The fourth-order valence-electron chi connectivity index (χ4n) is 1.11. The second kappa shape index (κ2) is 2.24. The average molecular weight is 167 g/mol. The molecule has 0 fully saturated rings. The molecular formula is C8H7ClN2. The maximum absolute atomic E-state index is 5.79. The predicted octanol–water partition coefficient (Wildman–Crippen LogP) is 2.30. The van der Waals surface area contributed by atoms with Crippen LogP contribution in [0.5, 0.6) is 0 Å². The largest absolute Gasteiger partial charge is 0.239 e. The van der Waals surface area contributed by atoms with Gasteiger partial charge in [-0.15, -0.1) is 0 Å². The summed E-state index contributed by atoms with van der Waals surface area (Å²) in [6.07, 6.45) is 3.56. The van der Waals surface area contributed by atoms with Gasteiger partial charge in [-0.25, -0.2) is 4.52 Å². The summed E-state index contributed by atoms with van der Waals surface area (Å²) in [4.78, 5) is 0. The van der Waals surface area contributed by atoms with Crippen LogP contribution in [-0.2, 0) is 0 Å². The smallest absolute Gasteiger partial charge is 0.0691 e. The third-order valence-electron chi connectivity index (χ3n) is 1.69. The van der Waals surface area contributed by atoms with Gasteiger partial charge in [0.1, 0.15) is 0 Å². The lowest BCUT2D eigenvalue weighted by atomic mass is 10.3. The summed E-state index contributed by atoms with van der Waals surface area (Å²) in [5.74, 6) is 0. The van der Waals surface area contributed by atoms with Gasteiger partial charge in [0.15, 0.2) is 0 Å². The Balaban J connectivity index is 2.90.